The maximum Gasteiger partial charge on any atom is 0.0822 e. The summed E-state index contributed by atoms with van der Waals surface area (Å²) in [4.78, 5) is 9.96. The lowest BCUT2D eigenvalue weighted by atomic mass is 10.0. The third-order valence-corrected chi connectivity index (χ3v) is 3.49. The highest BCUT2D eigenvalue weighted by Gasteiger charge is 1.94. The van der Waals surface area contributed by atoms with Gasteiger partial charge in [-0.2, -0.15) is 0 Å². The third-order valence-electron chi connectivity index (χ3n) is 3.49. The van der Waals surface area contributed by atoms with Crippen molar-refractivity contribution >= 4 is 0 Å². The van der Waals surface area contributed by atoms with Gasteiger partial charge in [0.1, 0.15) is 0 Å². The maximum atomic E-state index is 4.98. The van der Waals surface area contributed by atoms with Crippen LogP contribution in [0.2, 0.25) is 0 Å². The van der Waals surface area contributed by atoms with Gasteiger partial charge in [0.2, 0.25) is 0 Å². The second-order valence-electron chi connectivity index (χ2n) is 5.71. The van der Waals surface area contributed by atoms with Crippen LogP contribution in [0.1, 0.15) is 98.8 Å². The molecule has 0 aliphatic carbocycles. The van der Waals surface area contributed by atoms with Crippen LogP contribution in [0.3, 0.4) is 0 Å². The van der Waals surface area contributed by atoms with E-state index in [-0.39, 0.29) is 0 Å². The largest absolute Gasteiger partial charge is 0.237 e. The standard InChI is InChI=1S/C10H22O2.C8H18/c1-3-5-7-9-11-12-10-8-6-4-2;1-4-6-7-8(3)5-2/h3-10H2,1-2H3;8H,4-7H2,1-3H3. The Kier molecular flexibility index (Phi) is 23.6. The fraction of sp³-hybridized carbons (Fsp3) is 1.00. The summed E-state index contributed by atoms with van der Waals surface area (Å²) in [5, 5.41) is 0. The van der Waals surface area contributed by atoms with Crippen molar-refractivity contribution < 1.29 is 9.78 Å². The molecule has 0 saturated carbocycles. The lowest BCUT2D eigenvalue weighted by Gasteiger charge is -2.04. The minimum Gasteiger partial charge on any atom is -0.237 e. The molecule has 0 fully saturated rings. The average molecular weight is 289 g/mol. The first-order valence-corrected chi connectivity index (χ1v) is 8.97. The van der Waals surface area contributed by atoms with E-state index >= 15 is 0 Å². The lowest BCUT2D eigenvalue weighted by Crippen LogP contribution is -1.98. The smallest absolute Gasteiger partial charge is 0.0822 e. The molecule has 0 bridgehead atoms. The molecular formula is C18H40O2. The van der Waals surface area contributed by atoms with Gasteiger partial charge in [-0.15, -0.1) is 0 Å². The Labute approximate surface area is 128 Å². The highest BCUT2D eigenvalue weighted by Crippen LogP contribution is 2.09. The van der Waals surface area contributed by atoms with Crippen molar-refractivity contribution in [2.24, 2.45) is 5.92 Å². The molecular weight excluding hydrogens is 248 g/mol. The van der Waals surface area contributed by atoms with Gasteiger partial charge in [0.25, 0.3) is 0 Å². The first-order chi connectivity index (χ1) is 9.72. The second-order valence-corrected chi connectivity index (χ2v) is 5.71. The number of hydrogen-bond acceptors (Lipinski definition) is 2. The SMILES string of the molecule is CCCCC(C)CC.CCCCCOOCCCCC. The van der Waals surface area contributed by atoms with Gasteiger partial charge in [0.05, 0.1) is 13.2 Å². The summed E-state index contributed by atoms with van der Waals surface area (Å²) in [6.45, 7) is 12.7. The maximum absolute atomic E-state index is 4.98. The van der Waals surface area contributed by atoms with Crippen molar-refractivity contribution in [1.82, 2.24) is 0 Å². The Bertz CT molecular complexity index is 138. The van der Waals surface area contributed by atoms with Gasteiger partial charge in [0, 0.05) is 0 Å². The molecule has 2 nitrogen and oxygen atoms in total. The van der Waals surface area contributed by atoms with E-state index in [1.165, 1.54) is 51.4 Å². The van der Waals surface area contributed by atoms with Gasteiger partial charge in [-0.25, -0.2) is 9.78 Å². The van der Waals surface area contributed by atoms with Gasteiger partial charge in [-0.1, -0.05) is 86.0 Å². The fourth-order valence-electron chi connectivity index (χ4n) is 1.70. The molecule has 0 N–H and O–H groups in total. The van der Waals surface area contributed by atoms with Crippen LogP contribution in [-0.4, -0.2) is 13.2 Å². The Morgan fingerprint density at radius 3 is 1.45 bits per heavy atom. The Morgan fingerprint density at radius 2 is 1.10 bits per heavy atom. The first kappa shape index (κ1) is 22.2. The topological polar surface area (TPSA) is 18.5 Å². The molecule has 0 aliphatic heterocycles. The Hall–Kier alpha value is -0.0800. The molecule has 0 aromatic heterocycles. The highest BCUT2D eigenvalue weighted by atomic mass is 17.2. The zero-order valence-corrected chi connectivity index (χ0v) is 14.9. The summed E-state index contributed by atoms with van der Waals surface area (Å²) < 4.78 is 0. The van der Waals surface area contributed by atoms with E-state index < -0.39 is 0 Å². The summed E-state index contributed by atoms with van der Waals surface area (Å²) in [5.74, 6) is 0.954. The normalized spacial score (nSPS) is 11.8. The predicted molar refractivity (Wildman–Crippen MR) is 89.9 cm³/mol. The Balaban J connectivity index is 0. The van der Waals surface area contributed by atoms with Crippen molar-refractivity contribution in [3.63, 3.8) is 0 Å². The van der Waals surface area contributed by atoms with Gasteiger partial charge in [-0.05, 0) is 18.8 Å². The van der Waals surface area contributed by atoms with Crippen LogP contribution in [0, 0.1) is 5.92 Å². The van der Waals surface area contributed by atoms with E-state index in [4.69, 9.17) is 9.78 Å². The molecule has 0 aromatic carbocycles. The molecule has 0 spiro atoms. The summed E-state index contributed by atoms with van der Waals surface area (Å²) in [5.41, 5.74) is 0. The van der Waals surface area contributed by atoms with Crippen LogP contribution >= 0.6 is 0 Å². The number of unbranched alkanes of at least 4 members (excludes halogenated alkanes) is 5. The quantitative estimate of drug-likeness (QED) is 0.218. The molecule has 0 aliphatic rings. The van der Waals surface area contributed by atoms with Crippen molar-refractivity contribution in [1.29, 1.82) is 0 Å². The minimum atomic E-state index is 0.750. The molecule has 0 amide bonds. The van der Waals surface area contributed by atoms with Crippen LogP contribution in [0.25, 0.3) is 0 Å². The van der Waals surface area contributed by atoms with Crippen molar-refractivity contribution in [2.75, 3.05) is 13.2 Å². The Morgan fingerprint density at radius 1 is 0.650 bits per heavy atom. The van der Waals surface area contributed by atoms with E-state index in [9.17, 15) is 0 Å². The number of hydrogen-bond donors (Lipinski definition) is 0. The van der Waals surface area contributed by atoms with Gasteiger partial charge < -0.3 is 0 Å². The molecule has 0 rings (SSSR count). The van der Waals surface area contributed by atoms with Gasteiger partial charge >= 0.3 is 0 Å². The van der Waals surface area contributed by atoms with Crippen LogP contribution in [0.4, 0.5) is 0 Å². The van der Waals surface area contributed by atoms with Crippen LogP contribution in [0.5, 0.6) is 0 Å². The summed E-state index contributed by atoms with van der Waals surface area (Å²) >= 11 is 0. The molecule has 0 saturated heterocycles. The molecule has 1 unspecified atom stereocenters. The highest BCUT2D eigenvalue weighted by molar-refractivity contribution is 4.47. The molecule has 0 radical (unpaired) electrons. The fourth-order valence-corrected chi connectivity index (χ4v) is 1.70. The van der Waals surface area contributed by atoms with E-state index in [1.54, 1.807) is 0 Å². The average Bonchev–Trinajstić information content (AvgIpc) is 2.48. The van der Waals surface area contributed by atoms with Crippen LogP contribution < -0.4 is 0 Å². The number of rotatable bonds is 13. The lowest BCUT2D eigenvalue weighted by molar-refractivity contribution is -0.295. The third kappa shape index (κ3) is 23.0. The molecule has 124 valence electrons. The molecule has 0 heterocycles. The van der Waals surface area contributed by atoms with E-state index in [0.717, 1.165) is 32.0 Å². The summed E-state index contributed by atoms with van der Waals surface area (Å²) in [6, 6.07) is 0. The second kappa shape index (κ2) is 21.2. The van der Waals surface area contributed by atoms with Crippen molar-refractivity contribution in [3.05, 3.63) is 0 Å². The predicted octanol–water partition coefficient (Wildman–Crippen LogP) is 6.54. The van der Waals surface area contributed by atoms with Crippen molar-refractivity contribution in [3.8, 4) is 0 Å². The van der Waals surface area contributed by atoms with Crippen LogP contribution in [0.15, 0.2) is 0 Å². The van der Waals surface area contributed by atoms with E-state index in [2.05, 4.69) is 34.6 Å². The summed E-state index contributed by atoms with van der Waals surface area (Å²) in [6.07, 6.45) is 12.7. The molecule has 2 heteroatoms. The van der Waals surface area contributed by atoms with Crippen LogP contribution in [-0.2, 0) is 9.78 Å². The monoisotopic (exact) mass is 288 g/mol. The van der Waals surface area contributed by atoms with E-state index in [1.807, 2.05) is 0 Å². The van der Waals surface area contributed by atoms with E-state index in [0.29, 0.717) is 0 Å². The zero-order chi connectivity index (χ0) is 15.5. The summed E-state index contributed by atoms with van der Waals surface area (Å²) in [7, 11) is 0. The molecule has 20 heavy (non-hydrogen) atoms. The first-order valence-electron chi connectivity index (χ1n) is 8.97. The van der Waals surface area contributed by atoms with Gasteiger partial charge in [0.15, 0.2) is 0 Å². The minimum absolute atomic E-state index is 0.750. The molecule has 1 atom stereocenters. The van der Waals surface area contributed by atoms with Gasteiger partial charge in [-0.3, -0.25) is 0 Å². The molecule has 0 aromatic rings. The zero-order valence-electron chi connectivity index (χ0n) is 14.9. The van der Waals surface area contributed by atoms with Crippen molar-refractivity contribution in [2.45, 2.75) is 98.8 Å².